The van der Waals surface area contributed by atoms with Gasteiger partial charge in [0.1, 0.15) is 11.6 Å². The molecule has 10 aromatic rings. The predicted molar refractivity (Wildman–Crippen MR) is 308 cm³/mol. The van der Waals surface area contributed by atoms with Gasteiger partial charge in [-0.3, -0.25) is 9.55 Å². The summed E-state index contributed by atoms with van der Waals surface area (Å²) in [5.74, 6) is 2.23. The monoisotopic (exact) mass is 1160 g/mol. The van der Waals surface area contributed by atoms with E-state index in [-0.39, 0.29) is 32.2 Å². The third kappa shape index (κ3) is 10.2. The fraction of sp³-hybridized carbons (Fsp3) is 0.229. The molecule has 376 valence electrons. The Balaban J connectivity index is 0.00000602. The zero-order valence-electron chi connectivity index (χ0n) is 43.3. The molecule has 2 aliphatic carbocycles. The van der Waals surface area contributed by atoms with E-state index >= 15 is 0 Å². The predicted octanol–water partition coefficient (Wildman–Crippen LogP) is 18.7. The van der Waals surface area contributed by atoms with E-state index in [2.05, 4.69) is 195 Å². The summed E-state index contributed by atoms with van der Waals surface area (Å²) in [6.45, 7) is 6.82. The maximum atomic E-state index is 12.8. The number of phenols is 1. The molecule has 2 heterocycles. The van der Waals surface area contributed by atoms with Gasteiger partial charge in [0, 0.05) is 44.1 Å². The summed E-state index contributed by atoms with van der Waals surface area (Å²) in [4.78, 5) is 10.7. The molecule has 0 spiro atoms. The zero-order valence-corrected chi connectivity index (χ0v) is 45.6. The van der Waals surface area contributed by atoms with Crippen LogP contribution in [0.15, 0.2) is 194 Å². The van der Waals surface area contributed by atoms with Crippen LogP contribution in [0.4, 0.5) is 0 Å². The van der Waals surface area contributed by atoms with Crippen molar-refractivity contribution in [1.29, 1.82) is 0 Å². The molecule has 5 heteroatoms. The molecule has 2 saturated carbocycles. The minimum atomic E-state index is -0.170. The second-order valence-corrected chi connectivity index (χ2v) is 22.0. The number of aromatic nitrogens is 3. The topological polar surface area (TPSA) is 50.9 Å². The molecule has 0 aliphatic heterocycles. The number of aromatic hydroxyl groups is 1. The summed E-state index contributed by atoms with van der Waals surface area (Å²) in [6, 6.07) is 71.2. The summed E-state index contributed by atoms with van der Waals surface area (Å²) < 4.78 is 2.29. The average molecular weight is 1160 g/mol. The van der Waals surface area contributed by atoms with E-state index in [9.17, 15) is 5.11 Å². The number of nitrogens with zero attached hydrogens (tertiary/aromatic N) is 3. The van der Waals surface area contributed by atoms with Gasteiger partial charge in [0.05, 0.1) is 22.3 Å². The zero-order chi connectivity index (χ0) is 50.2. The number of benzene rings is 8. The molecule has 0 radical (unpaired) electrons. The molecule has 0 saturated heterocycles. The number of phenolic OH excluding ortho intramolecular Hbond substituents is 1. The Labute approximate surface area is 457 Å². The van der Waals surface area contributed by atoms with Gasteiger partial charge < -0.3 is 5.11 Å². The first kappa shape index (κ1) is 50.0. The van der Waals surface area contributed by atoms with Gasteiger partial charge in [0.2, 0.25) is 0 Å². The third-order valence-electron chi connectivity index (χ3n) is 16.0. The van der Waals surface area contributed by atoms with Gasteiger partial charge in [-0.05, 0) is 111 Å². The SMILES string of the molecule is CC(C)(C)c1cc(-c2cc(-c3ccc(C4CCCCC4)cc3)ccn2)[c-]c(-c2cccc3c2nc(-c2cccc(-c4ccccc4-c4ccccc4)c2O)n3-c2ccc(CC3CCCC3)cc2-c2ccccc2)c1.[Pt]. The molecule has 8 aromatic carbocycles. The Kier molecular flexibility index (Phi) is 14.4. The van der Waals surface area contributed by atoms with Crippen molar-refractivity contribution in [2.75, 3.05) is 0 Å². The molecular weight excluding hydrogens is 1090 g/mol. The number of para-hydroxylation sites is 2. The van der Waals surface area contributed by atoms with Gasteiger partial charge in [-0.1, -0.05) is 222 Å². The number of hydrogen-bond donors (Lipinski definition) is 1. The van der Waals surface area contributed by atoms with Crippen LogP contribution in [0.2, 0.25) is 0 Å². The van der Waals surface area contributed by atoms with Gasteiger partial charge in [-0.15, -0.1) is 29.3 Å². The fourth-order valence-electron chi connectivity index (χ4n) is 12.0. The van der Waals surface area contributed by atoms with Crippen molar-refractivity contribution in [3.63, 3.8) is 0 Å². The molecular formula is C70H64N3OPt-. The van der Waals surface area contributed by atoms with Gasteiger partial charge in [-0.25, -0.2) is 4.98 Å². The van der Waals surface area contributed by atoms with Crippen molar-refractivity contribution < 1.29 is 26.2 Å². The minimum Gasteiger partial charge on any atom is -0.507 e. The second-order valence-electron chi connectivity index (χ2n) is 22.0. The molecule has 0 atom stereocenters. The van der Waals surface area contributed by atoms with Crippen LogP contribution in [0.3, 0.4) is 0 Å². The van der Waals surface area contributed by atoms with Gasteiger partial charge in [-0.2, -0.15) is 0 Å². The van der Waals surface area contributed by atoms with Gasteiger partial charge in [0.15, 0.2) is 0 Å². The number of hydrogen-bond acceptors (Lipinski definition) is 3. The fourth-order valence-corrected chi connectivity index (χ4v) is 12.0. The molecule has 12 rings (SSSR count). The van der Waals surface area contributed by atoms with Crippen LogP contribution in [0, 0.1) is 12.0 Å². The summed E-state index contributed by atoms with van der Waals surface area (Å²) in [5.41, 5.74) is 19.5. The van der Waals surface area contributed by atoms with E-state index in [1.54, 1.807) is 0 Å². The molecule has 75 heavy (non-hydrogen) atoms. The van der Waals surface area contributed by atoms with Crippen molar-refractivity contribution in [2.24, 2.45) is 5.92 Å². The van der Waals surface area contributed by atoms with Crippen molar-refractivity contribution in [3.8, 4) is 89.7 Å². The molecule has 2 aliphatic rings. The molecule has 2 fully saturated rings. The van der Waals surface area contributed by atoms with Crippen molar-refractivity contribution >= 4 is 11.0 Å². The van der Waals surface area contributed by atoms with Crippen LogP contribution in [0.25, 0.3) is 95.0 Å². The van der Waals surface area contributed by atoms with E-state index in [1.807, 2.05) is 30.5 Å². The number of rotatable bonds is 11. The van der Waals surface area contributed by atoms with E-state index < -0.39 is 0 Å². The Morgan fingerprint density at radius 1 is 0.533 bits per heavy atom. The van der Waals surface area contributed by atoms with E-state index in [0.717, 1.165) is 84.5 Å². The first-order valence-electron chi connectivity index (χ1n) is 27.1. The summed E-state index contributed by atoms with van der Waals surface area (Å²) in [6.07, 6.45) is 14.8. The smallest absolute Gasteiger partial charge is 0.148 e. The summed E-state index contributed by atoms with van der Waals surface area (Å²) in [7, 11) is 0. The Hall–Kier alpha value is -7.13. The number of pyridine rings is 1. The first-order valence-corrected chi connectivity index (χ1v) is 27.1. The number of imidazole rings is 1. The summed E-state index contributed by atoms with van der Waals surface area (Å²) in [5, 5.41) is 12.8. The van der Waals surface area contributed by atoms with Gasteiger partial charge in [0.25, 0.3) is 0 Å². The Bertz CT molecular complexity index is 3620. The maximum Gasteiger partial charge on any atom is 0.148 e. The first-order chi connectivity index (χ1) is 36.2. The van der Waals surface area contributed by atoms with E-state index in [0.29, 0.717) is 23.2 Å². The molecule has 0 unspecified atom stereocenters. The van der Waals surface area contributed by atoms with Crippen LogP contribution >= 0.6 is 0 Å². The van der Waals surface area contributed by atoms with Crippen LogP contribution in [0.5, 0.6) is 5.75 Å². The number of fused-ring (bicyclic) bond motifs is 1. The molecule has 2 aromatic heterocycles. The summed E-state index contributed by atoms with van der Waals surface area (Å²) >= 11 is 0. The van der Waals surface area contributed by atoms with Crippen LogP contribution in [-0.2, 0) is 32.9 Å². The second kappa shape index (κ2) is 21.6. The third-order valence-corrected chi connectivity index (χ3v) is 16.0. The normalized spacial score (nSPS) is 14.3. The van der Waals surface area contributed by atoms with Crippen molar-refractivity contribution in [1.82, 2.24) is 14.5 Å². The van der Waals surface area contributed by atoms with Crippen LogP contribution < -0.4 is 0 Å². The molecule has 0 bridgehead atoms. The minimum absolute atomic E-state index is 0. The quantitative estimate of drug-likeness (QED) is 0.131. The maximum absolute atomic E-state index is 12.8. The van der Waals surface area contributed by atoms with Crippen molar-refractivity contribution in [3.05, 3.63) is 217 Å². The van der Waals surface area contributed by atoms with Gasteiger partial charge >= 0.3 is 0 Å². The van der Waals surface area contributed by atoms with E-state index in [1.165, 1.54) is 80.0 Å². The molecule has 4 nitrogen and oxygen atoms in total. The Morgan fingerprint density at radius 3 is 1.89 bits per heavy atom. The van der Waals surface area contributed by atoms with Crippen LogP contribution in [-0.4, -0.2) is 19.6 Å². The Morgan fingerprint density at radius 2 is 1.16 bits per heavy atom. The average Bonchev–Trinajstić information content (AvgIpc) is 4.13. The largest absolute Gasteiger partial charge is 0.507 e. The standard InChI is InChI=1S/C70H64N3O.Pt/c1-70(2,3)57-44-55(43-56(45-57)64-46-54(39-40-71-64)51-36-34-50(35-37-51)49-21-7-4-8-22-49)59-29-18-32-66-67(59)72-69(62-31-17-30-61(68(62)74)60-28-16-15-27-58(60)52-23-9-5-10-24-52)73(66)65-38-33-48(41-47-19-13-14-20-47)42-63(65)53-25-11-6-12-26-53;/h5-6,9-12,15-18,23-40,42,44-47,49,74H,4,7-8,13-14,19-22,41H2,1-3H3;/q-1;. The van der Waals surface area contributed by atoms with Crippen LogP contribution in [0.1, 0.15) is 101 Å². The van der Waals surface area contributed by atoms with E-state index in [4.69, 9.17) is 9.97 Å². The van der Waals surface area contributed by atoms with Crippen molar-refractivity contribution in [2.45, 2.75) is 96.3 Å². The molecule has 0 amide bonds. The molecule has 1 N–H and O–H groups in total.